The molecule has 0 radical (unpaired) electrons. The van der Waals surface area contributed by atoms with Gasteiger partial charge in [0.15, 0.2) is 4.34 Å². The standard InChI is InChI=1S/C10H8IN3OS2/c11-7-3-1-2-4-8(7)13-9(15)5-16-10-14-12-6-17-10/h1-4,6H,5H2,(H,13,15). The normalized spacial score (nSPS) is 10.2. The second kappa shape index (κ2) is 6.31. The minimum Gasteiger partial charge on any atom is -0.324 e. The van der Waals surface area contributed by atoms with Crippen molar-refractivity contribution in [1.29, 1.82) is 0 Å². The minimum atomic E-state index is -0.0330. The lowest BCUT2D eigenvalue weighted by atomic mass is 10.3. The summed E-state index contributed by atoms with van der Waals surface area (Å²) >= 11 is 5.02. The van der Waals surface area contributed by atoms with Crippen molar-refractivity contribution >= 4 is 57.3 Å². The molecule has 1 amide bonds. The van der Waals surface area contributed by atoms with Crippen LogP contribution in [0.15, 0.2) is 34.1 Å². The highest BCUT2D eigenvalue weighted by atomic mass is 127. The highest BCUT2D eigenvalue weighted by molar-refractivity contribution is 14.1. The number of hydrogen-bond acceptors (Lipinski definition) is 5. The van der Waals surface area contributed by atoms with E-state index < -0.39 is 0 Å². The Kier molecular flexibility index (Phi) is 4.75. The predicted octanol–water partition coefficient (Wildman–Crippen LogP) is 2.87. The van der Waals surface area contributed by atoms with E-state index in [1.54, 1.807) is 5.51 Å². The van der Waals surface area contributed by atoms with Gasteiger partial charge in [0.05, 0.1) is 11.4 Å². The fourth-order valence-electron chi connectivity index (χ4n) is 1.10. The Bertz CT molecular complexity index is 504. The molecule has 0 bridgehead atoms. The van der Waals surface area contributed by atoms with Crippen LogP contribution in [0.5, 0.6) is 0 Å². The summed E-state index contributed by atoms with van der Waals surface area (Å²) in [6.07, 6.45) is 0. The van der Waals surface area contributed by atoms with E-state index in [0.717, 1.165) is 13.6 Å². The number of carbonyl (C=O) groups is 1. The lowest BCUT2D eigenvalue weighted by Gasteiger charge is -2.05. The summed E-state index contributed by atoms with van der Waals surface area (Å²) < 4.78 is 1.84. The number of halogens is 1. The smallest absolute Gasteiger partial charge is 0.234 e. The maximum absolute atomic E-state index is 11.7. The van der Waals surface area contributed by atoms with E-state index in [2.05, 4.69) is 38.1 Å². The van der Waals surface area contributed by atoms with Gasteiger partial charge < -0.3 is 5.32 Å². The Hall–Kier alpha value is -0.670. The van der Waals surface area contributed by atoms with Crippen LogP contribution in [-0.2, 0) is 4.79 Å². The zero-order valence-electron chi connectivity index (χ0n) is 8.59. The van der Waals surface area contributed by atoms with E-state index in [1.807, 2.05) is 24.3 Å². The van der Waals surface area contributed by atoms with Crippen LogP contribution in [0.2, 0.25) is 0 Å². The molecule has 0 aliphatic heterocycles. The van der Waals surface area contributed by atoms with Gasteiger partial charge in [0.1, 0.15) is 5.51 Å². The molecule has 0 saturated carbocycles. The van der Waals surface area contributed by atoms with Crippen LogP contribution in [0.4, 0.5) is 5.69 Å². The first kappa shape index (κ1) is 12.8. The molecule has 4 nitrogen and oxygen atoms in total. The average molecular weight is 377 g/mol. The first-order valence-electron chi connectivity index (χ1n) is 4.69. The Labute approximate surface area is 120 Å². The minimum absolute atomic E-state index is 0.0330. The molecule has 0 atom stereocenters. The van der Waals surface area contributed by atoms with Crippen molar-refractivity contribution in [3.8, 4) is 0 Å². The molecule has 1 aromatic carbocycles. The van der Waals surface area contributed by atoms with Gasteiger partial charge in [-0.1, -0.05) is 35.2 Å². The number of rotatable bonds is 4. The van der Waals surface area contributed by atoms with Crippen LogP contribution in [0.3, 0.4) is 0 Å². The maximum Gasteiger partial charge on any atom is 0.234 e. The van der Waals surface area contributed by atoms with Gasteiger partial charge in [-0.2, -0.15) is 0 Å². The molecule has 0 aliphatic rings. The molecule has 0 spiro atoms. The van der Waals surface area contributed by atoms with E-state index in [-0.39, 0.29) is 5.91 Å². The van der Waals surface area contributed by atoms with E-state index in [0.29, 0.717) is 5.75 Å². The Morgan fingerprint density at radius 1 is 1.47 bits per heavy atom. The number of carbonyl (C=O) groups excluding carboxylic acids is 1. The predicted molar refractivity (Wildman–Crippen MR) is 78.4 cm³/mol. The molecule has 17 heavy (non-hydrogen) atoms. The van der Waals surface area contributed by atoms with Gasteiger partial charge in [0.25, 0.3) is 0 Å². The molecule has 2 aromatic rings. The monoisotopic (exact) mass is 377 g/mol. The molecule has 2 rings (SSSR count). The van der Waals surface area contributed by atoms with Crippen LogP contribution < -0.4 is 5.32 Å². The van der Waals surface area contributed by atoms with Crippen molar-refractivity contribution in [3.05, 3.63) is 33.3 Å². The van der Waals surface area contributed by atoms with E-state index in [4.69, 9.17) is 0 Å². The fourth-order valence-corrected chi connectivity index (χ4v) is 2.91. The summed E-state index contributed by atoms with van der Waals surface area (Å²) in [7, 11) is 0. The first-order valence-corrected chi connectivity index (χ1v) is 7.63. The largest absolute Gasteiger partial charge is 0.324 e. The summed E-state index contributed by atoms with van der Waals surface area (Å²) in [5.74, 6) is 0.314. The van der Waals surface area contributed by atoms with Gasteiger partial charge in [0, 0.05) is 3.57 Å². The lowest BCUT2D eigenvalue weighted by molar-refractivity contribution is -0.113. The average Bonchev–Trinajstić information content (AvgIpc) is 2.82. The molecule has 0 fully saturated rings. The molecule has 7 heteroatoms. The molecule has 1 N–H and O–H groups in total. The summed E-state index contributed by atoms with van der Waals surface area (Å²) in [5.41, 5.74) is 2.50. The number of amides is 1. The number of hydrogen-bond donors (Lipinski definition) is 1. The van der Waals surface area contributed by atoms with Crippen LogP contribution in [0.1, 0.15) is 0 Å². The number of thioether (sulfide) groups is 1. The van der Waals surface area contributed by atoms with Crippen LogP contribution in [-0.4, -0.2) is 21.9 Å². The van der Waals surface area contributed by atoms with E-state index >= 15 is 0 Å². The van der Waals surface area contributed by atoms with Gasteiger partial charge in [-0.15, -0.1) is 10.2 Å². The Morgan fingerprint density at radius 2 is 2.29 bits per heavy atom. The number of benzene rings is 1. The topological polar surface area (TPSA) is 54.9 Å². The van der Waals surface area contributed by atoms with Crippen molar-refractivity contribution < 1.29 is 4.79 Å². The lowest BCUT2D eigenvalue weighted by Crippen LogP contribution is -2.14. The number of aromatic nitrogens is 2. The van der Waals surface area contributed by atoms with Gasteiger partial charge in [-0.3, -0.25) is 4.79 Å². The summed E-state index contributed by atoms with van der Waals surface area (Å²) in [6.45, 7) is 0. The third-order valence-corrected chi connectivity index (χ3v) is 4.62. The van der Waals surface area contributed by atoms with Crippen LogP contribution in [0.25, 0.3) is 0 Å². The van der Waals surface area contributed by atoms with E-state index in [9.17, 15) is 4.79 Å². The fraction of sp³-hybridized carbons (Fsp3) is 0.100. The molecule has 88 valence electrons. The third-order valence-electron chi connectivity index (χ3n) is 1.81. The summed E-state index contributed by atoms with van der Waals surface area (Å²) in [5, 5.41) is 10.4. The molecule has 1 aromatic heterocycles. The second-order valence-electron chi connectivity index (χ2n) is 3.02. The number of anilines is 1. The Balaban J connectivity index is 1.87. The van der Waals surface area contributed by atoms with Crippen LogP contribution >= 0.6 is 45.7 Å². The molecule has 0 saturated heterocycles. The molecule has 1 heterocycles. The summed E-state index contributed by atoms with van der Waals surface area (Å²) in [6, 6.07) is 7.67. The van der Waals surface area contributed by atoms with Crippen molar-refractivity contribution in [1.82, 2.24) is 10.2 Å². The van der Waals surface area contributed by atoms with Crippen molar-refractivity contribution in [3.63, 3.8) is 0 Å². The molecule has 0 unspecified atom stereocenters. The molecular formula is C10H8IN3OS2. The van der Waals surface area contributed by atoms with Gasteiger partial charge >= 0.3 is 0 Å². The third kappa shape index (κ3) is 3.93. The quantitative estimate of drug-likeness (QED) is 0.658. The van der Waals surface area contributed by atoms with Crippen LogP contribution in [0, 0.1) is 3.57 Å². The van der Waals surface area contributed by atoms with Crippen molar-refractivity contribution in [2.75, 3.05) is 11.1 Å². The SMILES string of the molecule is O=C(CSc1nncs1)Nc1ccccc1I. The second-order valence-corrected chi connectivity index (χ2v) is 6.24. The highest BCUT2D eigenvalue weighted by Gasteiger charge is 2.07. The van der Waals surface area contributed by atoms with Crippen molar-refractivity contribution in [2.24, 2.45) is 0 Å². The zero-order valence-corrected chi connectivity index (χ0v) is 12.4. The first-order chi connectivity index (χ1) is 8.25. The Morgan fingerprint density at radius 3 is 3.00 bits per heavy atom. The summed E-state index contributed by atoms with van der Waals surface area (Å²) in [4.78, 5) is 11.7. The number of para-hydroxylation sites is 1. The number of nitrogens with zero attached hydrogens (tertiary/aromatic N) is 2. The molecule has 0 aliphatic carbocycles. The highest BCUT2D eigenvalue weighted by Crippen LogP contribution is 2.20. The van der Waals surface area contributed by atoms with Gasteiger partial charge in [-0.05, 0) is 34.7 Å². The number of nitrogens with one attached hydrogen (secondary N) is 1. The van der Waals surface area contributed by atoms with Crippen molar-refractivity contribution in [2.45, 2.75) is 4.34 Å². The van der Waals surface area contributed by atoms with E-state index in [1.165, 1.54) is 23.1 Å². The molecular weight excluding hydrogens is 369 g/mol. The zero-order chi connectivity index (χ0) is 12.1. The van der Waals surface area contributed by atoms with Gasteiger partial charge in [-0.25, -0.2) is 0 Å². The maximum atomic E-state index is 11.7. The van der Waals surface area contributed by atoms with Gasteiger partial charge in [0.2, 0.25) is 5.91 Å².